The summed E-state index contributed by atoms with van der Waals surface area (Å²) < 4.78 is 5.01. The molecule has 2 rings (SSSR count). The molecule has 0 aliphatic carbocycles. The molecule has 118 valence electrons. The first kappa shape index (κ1) is 15.9. The molecule has 0 aromatic heterocycles. The summed E-state index contributed by atoms with van der Waals surface area (Å²) >= 11 is 0. The lowest BCUT2D eigenvalue weighted by atomic mass is 9.97. The molecule has 1 amide bonds. The number of piperidine rings is 1. The molecule has 1 aliphatic heterocycles. The van der Waals surface area contributed by atoms with Crippen molar-refractivity contribution in [3.63, 3.8) is 0 Å². The lowest BCUT2D eigenvalue weighted by Crippen LogP contribution is -2.39. The van der Waals surface area contributed by atoms with E-state index in [9.17, 15) is 14.7 Å². The minimum atomic E-state index is -0.793. The molecule has 0 saturated carbocycles. The highest BCUT2D eigenvalue weighted by atomic mass is 16.5. The summed E-state index contributed by atoms with van der Waals surface area (Å²) in [7, 11) is 1.46. The van der Waals surface area contributed by atoms with Gasteiger partial charge in [-0.05, 0) is 36.6 Å². The largest absolute Gasteiger partial charge is 0.504 e. The minimum Gasteiger partial charge on any atom is -0.504 e. The molecule has 6 heteroatoms. The zero-order valence-corrected chi connectivity index (χ0v) is 12.4. The Balaban J connectivity index is 1.96. The van der Waals surface area contributed by atoms with Crippen LogP contribution in [0.15, 0.2) is 24.3 Å². The van der Waals surface area contributed by atoms with Crippen molar-refractivity contribution in [3.05, 3.63) is 29.8 Å². The van der Waals surface area contributed by atoms with E-state index in [4.69, 9.17) is 9.84 Å². The summed E-state index contributed by atoms with van der Waals surface area (Å²) in [6.07, 6.45) is 4.07. The number of amides is 1. The summed E-state index contributed by atoms with van der Waals surface area (Å²) in [5.74, 6) is -0.900. The highest BCUT2D eigenvalue weighted by molar-refractivity contribution is 5.92. The number of carboxylic acid groups (broad SMARTS) is 1. The van der Waals surface area contributed by atoms with E-state index < -0.39 is 5.97 Å². The standard InChI is InChI=1S/C16H19NO5/c1-22-14-10-11(2-4-13(14)18)3-5-15(19)17-8-6-12(7-9-17)16(20)21/h2-5,10,12,18H,6-9H2,1H3,(H,20,21). The van der Waals surface area contributed by atoms with Crippen LogP contribution in [0.3, 0.4) is 0 Å². The Morgan fingerprint density at radius 1 is 1.32 bits per heavy atom. The number of ether oxygens (including phenoxy) is 1. The van der Waals surface area contributed by atoms with Crippen molar-refractivity contribution in [2.45, 2.75) is 12.8 Å². The minimum absolute atomic E-state index is 0.0433. The summed E-state index contributed by atoms with van der Waals surface area (Å²) in [6, 6.07) is 4.81. The van der Waals surface area contributed by atoms with E-state index in [1.54, 1.807) is 23.1 Å². The first-order valence-electron chi connectivity index (χ1n) is 7.08. The highest BCUT2D eigenvalue weighted by Gasteiger charge is 2.25. The van der Waals surface area contributed by atoms with Gasteiger partial charge in [-0.25, -0.2) is 0 Å². The SMILES string of the molecule is COc1cc(C=CC(=O)N2CCC(C(=O)O)CC2)ccc1O. The molecule has 0 bridgehead atoms. The number of phenolic OH excluding ortho intramolecular Hbond substituents is 1. The Bertz CT molecular complexity index is 588. The van der Waals surface area contributed by atoms with Gasteiger partial charge in [0.25, 0.3) is 0 Å². The van der Waals surface area contributed by atoms with E-state index in [0.717, 1.165) is 5.56 Å². The van der Waals surface area contributed by atoms with Gasteiger partial charge >= 0.3 is 5.97 Å². The fourth-order valence-electron chi connectivity index (χ4n) is 2.42. The normalized spacial score (nSPS) is 16.0. The molecule has 2 N–H and O–H groups in total. The predicted molar refractivity (Wildman–Crippen MR) is 80.6 cm³/mol. The molecule has 1 aromatic rings. The number of carbonyl (C=O) groups is 2. The average Bonchev–Trinajstić information content (AvgIpc) is 2.53. The van der Waals surface area contributed by atoms with E-state index in [2.05, 4.69) is 0 Å². The first-order valence-corrected chi connectivity index (χ1v) is 7.08. The number of hydrogen-bond acceptors (Lipinski definition) is 4. The van der Waals surface area contributed by atoms with Gasteiger partial charge < -0.3 is 19.8 Å². The second-order valence-electron chi connectivity index (χ2n) is 5.20. The topological polar surface area (TPSA) is 87.1 Å². The molecule has 1 saturated heterocycles. The van der Waals surface area contributed by atoms with E-state index in [1.165, 1.54) is 19.3 Å². The van der Waals surface area contributed by atoms with Crippen LogP contribution in [0.5, 0.6) is 11.5 Å². The van der Waals surface area contributed by atoms with E-state index in [1.807, 2.05) is 0 Å². The third-order valence-corrected chi connectivity index (χ3v) is 3.78. The van der Waals surface area contributed by atoms with Crippen LogP contribution >= 0.6 is 0 Å². The van der Waals surface area contributed by atoms with Crippen molar-refractivity contribution in [3.8, 4) is 11.5 Å². The fourth-order valence-corrected chi connectivity index (χ4v) is 2.42. The number of methoxy groups -OCH3 is 1. The van der Waals surface area contributed by atoms with Gasteiger partial charge in [0.1, 0.15) is 0 Å². The van der Waals surface area contributed by atoms with Crippen molar-refractivity contribution in [1.29, 1.82) is 0 Å². The molecule has 1 fully saturated rings. The van der Waals surface area contributed by atoms with Gasteiger partial charge in [-0.3, -0.25) is 9.59 Å². The smallest absolute Gasteiger partial charge is 0.306 e. The van der Waals surface area contributed by atoms with Gasteiger partial charge in [0.15, 0.2) is 11.5 Å². The molecular weight excluding hydrogens is 286 g/mol. The van der Waals surface area contributed by atoms with E-state index >= 15 is 0 Å². The molecule has 6 nitrogen and oxygen atoms in total. The fraction of sp³-hybridized carbons (Fsp3) is 0.375. The van der Waals surface area contributed by atoms with Crippen LogP contribution in [0.1, 0.15) is 18.4 Å². The summed E-state index contributed by atoms with van der Waals surface area (Å²) in [6.45, 7) is 0.915. The lowest BCUT2D eigenvalue weighted by Gasteiger charge is -2.29. The van der Waals surface area contributed by atoms with Crippen molar-refractivity contribution in [2.75, 3.05) is 20.2 Å². The van der Waals surface area contributed by atoms with Crippen LogP contribution in [-0.2, 0) is 9.59 Å². The van der Waals surface area contributed by atoms with Crippen LogP contribution in [-0.4, -0.2) is 47.2 Å². The molecule has 0 spiro atoms. The monoisotopic (exact) mass is 305 g/mol. The number of hydrogen-bond donors (Lipinski definition) is 2. The number of likely N-dealkylation sites (tertiary alicyclic amines) is 1. The van der Waals surface area contributed by atoms with Crippen LogP contribution in [0.2, 0.25) is 0 Å². The molecular formula is C16H19NO5. The first-order chi connectivity index (χ1) is 10.5. The maximum absolute atomic E-state index is 12.1. The van der Waals surface area contributed by atoms with E-state index in [0.29, 0.717) is 31.7 Å². The zero-order chi connectivity index (χ0) is 16.1. The number of phenols is 1. The Hall–Kier alpha value is -2.50. The summed E-state index contributed by atoms with van der Waals surface area (Å²) in [5.41, 5.74) is 0.739. The number of aliphatic carboxylic acids is 1. The van der Waals surface area contributed by atoms with Crippen LogP contribution in [0.4, 0.5) is 0 Å². The molecule has 0 radical (unpaired) electrons. The van der Waals surface area contributed by atoms with Gasteiger partial charge in [0, 0.05) is 19.2 Å². The molecule has 0 unspecified atom stereocenters. The Labute approximate surface area is 128 Å². The second kappa shape index (κ2) is 6.98. The molecule has 0 atom stereocenters. The molecule has 1 aliphatic rings. The van der Waals surface area contributed by atoms with Crippen molar-refractivity contribution >= 4 is 18.0 Å². The third kappa shape index (κ3) is 3.78. The molecule has 22 heavy (non-hydrogen) atoms. The summed E-state index contributed by atoms with van der Waals surface area (Å²) in [5, 5.41) is 18.5. The number of benzene rings is 1. The van der Waals surface area contributed by atoms with Gasteiger partial charge in [-0.15, -0.1) is 0 Å². The Morgan fingerprint density at radius 3 is 2.59 bits per heavy atom. The number of nitrogens with zero attached hydrogens (tertiary/aromatic N) is 1. The average molecular weight is 305 g/mol. The van der Waals surface area contributed by atoms with Crippen LogP contribution in [0.25, 0.3) is 6.08 Å². The second-order valence-corrected chi connectivity index (χ2v) is 5.20. The Kier molecular flexibility index (Phi) is 5.04. The number of carboxylic acids is 1. The van der Waals surface area contributed by atoms with Crippen molar-refractivity contribution in [2.24, 2.45) is 5.92 Å². The number of carbonyl (C=O) groups excluding carboxylic acids is 1. The lowest BCUT2D eigenvalue weighted by molar-refractivity contribution is -0.144. The zero-order valence-electron chi connectivity index (χ0n) is 12.4. The number of aromatic hydroxyl groups is 1. The quantitative estimate of drug-likeness (QED) is 0.827. The third-order valence-electron chi connectivity index (χ3n) is 3.78. The number of rotatable bonds is 4. The van der Waals surface area contributed by atoms with E-state index in [-0.39, 0.29) is 17.6 Å². The maximum Gasteiger partial charge on any atom is 0.306 e. The van der Waals surface area contributed by atoms with Crippen molar-refractivity contribution in [1.82, 2.24) is 4.90 Å². The Morgan fingerprint density at radius 2 is 2.00 bits per heavy atom. The predicted octanol–water partition coefficient (Wildman–Crippen LogP) is 1.74. The molecule has 1 aromatic carbocycles. The van der Waals surface area contributed by atoms with Gasteiger partial charge in [0.05, 0.1) is 13.0 Å². The van der Waals surface area contributed by atoms with Gasteiger partial charge in [-0.2, -0.15) is 0 Å². The summed E-state index contributed by atoms with van der Waals surface area (Å²) in [4.78, 5) is 24.6. The van der Waals surface area contributed by atoms with Crippen LogP contribution in [0, 0.1) is 5.92 Å². The van der Waals surface area contributed by atoms with Crippen LogP contribution < -0.4 is 4.74 Å². The van der Waals surface area contributed by atoms with Gasteiger partial charge in [-0.1, -0.05) is 6.07 Å². The van der Waals surface area contributed by atoms with Crippen molar-refractivity contribution < 1.29 is 24.5 Å². The molecule has 1 heterocycles. The highest BCUT2D eigenvalue weighted by Crippen LogP contribution is 2.26. The van der Waals surface area contributed by atoms with Gasteiger partial charge in [0.2, 0.25) is 5.91 Å². The maximum atomic E-state index is 12.1.